The van der Waals surface area contributed by atoms with Gasteiger partial charge in [-0.1, -0.05) is 37.3 Å². The van der Waals surface area contributed by atoms with Gasteiger partial charge in [-0.05, 0) is 18.9 Å². The molecule has 8 heteroatoms. The predicted molar refractivity (Wildman–Crippen MR) is 93.8 cm³/mol. The Morgan fingerprint density at radius 3 is 2.69 bits per heavy atom. The molecule has 1 atom stereocenters. The first-order valence-corrected chi connectivity index (χ1v) is 8.30. The number of nitrogens with zero attached hydrogens (tertiary/aromatic N) is 2. The minimum absolute atomic E-state index is 0.0547. The minimum atomic E-state index is -1.58. The van der Waals surface area contributed by atoms with Crippen LogP contribution in [0.3, 0.4) is 0 Å². The first kappa shape index (κ1) is 19.3. The Balaban J connectivity index is 1.96. The first-order chi connectivity index (χ1) is 12.4. The molecule has 0 bridgehead atoms. The Morgan fingerprint density at radius 2 is 2.04 bits per heavy atom. The Hall–Kier alpha value is -3.03. The lowest BCUT2D eigenvalue weighted by Gasteiger charge is -2.25. The molecular weight excluding hydrogens is 338 g/mol. The zero-order chi connectivity index (χ0) is 19.0. The molecule has 0 saturated heterocycles. The molecule has 140 valence electrons. The van der Waals surface area contributed by atoms with Crippen molar-refractivity contribution in [2.24, 2.45) is 0 Å². The third-order valence-corrected chi connectivity index (χ3v) is 3.62. The van der Waals surface area contributed by atoms with Gasteiger partial charge < -0.3 is 19.9 Å². The number of carbonyl (C=O) groups is 2. The van der Waals surface area contributed by atoms with Gasteiger partial charge in [-0.3, -0.25) is 4.68 Å². The Bertz CT molecular complexity index is 731. The molecule has 26 heavy (non-hydrogen) atoms. The highest BCUT2D eigenvalue weighted by molar-refractivity contribution is 5.83. The largest absolute Gasteiger partial charge is 0.490 e. The normalized spacial score (nSPS) is 12.8. The zero-order valence-electron chi connectivity index (χ0n) is 14.8. The molecule has 2 N–H and O–H groups in total. The summed E-state index contributed by atoms with van der Waals surface area (Å²) in [6.07, 6.45) is 3.14. The molecule has 0 fully saturated rings. The average Bonchev–Trinajstić information content (AvgIpc) is 3.06. The minimum Gasteiger partial charge on any atom is -0.490 e. The number of alkyl carbamates (subject to hydrolysis) is 1. The van der Waals surface area contributed by atoms with E-state index < -0.39 is 17.6 Å². The third kappa shape index (κ3) is 5.51. The molecule has 0 aliphatic carbocycles. The smallest absolute Gasteiger partial charge is 0.408 e. The van der Waals surface area contributed by atoms with Crippen LogP contribution in [0.15, 0.2) is 42.7 Å². The van der Waals surface area contributed by atoms with E-state index in [1.165, 1.54) is 17.8 Å². The van der Waals surface area contributed by atoms with E-state index in [-0.39, 0.29) is 13.2 Å². The molecule has 1 aromatic heterocycles. The van der Waals surface area contributed by atoms with E-state index in [0.717, 1.165) is 12.0 Å². The molecule has 0 radical (unpaired) electrons. The first-order valence-electron chi connectivity index (χ1n) is 8.30. The summed E-state index contributed by atoms with van der Waals surface area (Å²) in [6.45, 7) is 3.91. The number of hydrogen-bond acceptors (Lipinski definition) is 5. The lowest BCUT2D eigenvalue weighted by Crippen LogP contribution is -2.55. The summed E-state index contributed by atoms with van der Waals surface area (Å²) in [7, 11) is 0. The number of ether oxygens (including phenoxy) is 2. The topological polar surface area (TPSA) is 103 Å². The molecule has 0 aliphatic rings. The van der Waals surface area contributed by atoms with Crippen molar-refractivity contribution < 1.29 is 24.2 Å². The second-order valence-electron chi connectivity index (χ2n) is 6.05. The van der Waals surface area contributed by atoms with Crippen LogP contribution in [0.25, 0.3) is 0 Å². The third-order valence-electron chi connectivity index (χ3n) is 3.62. The fraction of sp³-hybridized carbons (Fsp3) is 0.389. The summed E-state index contributed by atoms with van der Waals surface area (Å²) in [5.41, 5.74) is -0.772. The van der Waals surface area contributed by atoms with Crippen molar-refractivity contribution in [2.75, 3.05) is 6.61 Å². The van der Waals surface area contributed by atoms with Crippen molar-refractivity contribution in [3.8, 4) is 5.75 Å². The van der Waals surface area contributed by atoms with Crippen LogP contribution in [0.1, 0.15) is 25.8 Å². The number of nitrogens with one attached hydrogen (secondary N) is 1. The van der Waals surface area contributed by atoms with Gasteiger partial charge in [-0.25, -0.2) is 9.59 Å². The van der Waals surface area contributed by atoms with Crippen molar-refractivity contribution >= 4 is 12.1 Å². The molecule has 2 aromatic rings. The number of carboxylic acid groups (broad SMARTS) is 1. The van der Waals surface area contributed by atoms with E-state index >= 15 is 0 Å². The standard InChI is InChI=1S/C18H23N3O5/c1-3-9-25-15-10-19-21(11-15)13-18(2,16(22)23)20-17(24)26-12-14-7-5-4-6-8-14/h4-8,10-11H,3,9,12-13H2,1-2H3,(H,20,24)(H,22,23). The van der Waals surface area contributed by atoms with E-state index in [1.807, 2.05) is 37.3 Å². The number of aromatic nitrogens is 2. The summed E-state index contributed by atoms with van der Waals surface area (Å²) in [6, 6.07) is 9.13. The van der Waals surface area contributed by atoms with Crippen LogP contribution in [-0.4, -0.2) is 39.1 Å². The summed E-state index contributed by atoms with van der Waals surface area (Å²) in [4.78, 5) is 23.7. The Morgan fingerprint density at radius 1 is 1.31 bits per heavy atom. The van der Waals surface area contributed by atoms with Crippen molar-refractivity contribution in [1.82, 2.24) is 15.1 Å². The van der Waals surface area contributed by atoms with Gasteiger partial charge in [-0.2, -0.15) is 5.10 Å². The van der Waals surface area contributed by atoms with Crippen LogP contribution in [0.5, 0.6) is 5.75 Å². The summed E-state index contributed by atoms with van der Waals surface area (Å²) < 4.78 is 12.0. The number of carbonyl (C=O) groups excluding carboxylic acids is 1. The van der Waals surface area contributed by atoms with Crippen molar-refractivity contribution in [3.05, 3.63) is 48.3 Å². The molecule has 1 aromatic carbocycles. The van der Waals surface area contributed by atoms with Crippen molar-refractivity contribution in [1.29, 1.82) is 0 Å². The summed E-state index contributed by atoms with van der Waals surface area (Å²) in [5.74, 6) is -0.646. The maximum atomic E-state index is 12.0. The van der Waals surface area contributed by atoms with Gasteiger partial charge in [0.1, 0.15) is 6.61 Å². The summed E-state index contributed by atoms with van der Waals surface area (Å²) in [5, 5.41) is 16.0. The second-order valence-corrected chi connectivity index (χ2v) is 6.05. The highest BCUT2D eigenvalue weighted by atomic mass is 16.5. The van der Waals surface area contributed by atoms with Gasteiger partial charge in [0, 0.05) is 0 Å². The SMILES string of the molecule is CCCOc1cnn(CC(C)(NC(=O)OCc2ccccc2)C(=O)O)c1. The fourth-order valence-electron chi connectivity index (χ4n) is 2.19. The molecule has 8 nitrogen and oxygen atoms in total. The van der Waals surface area contributed by atoms with Gasteiger partial charge in [-0.15, -0.1) is 0 Å². The van der Waals surface area contributed by atoms with E-state index in [4.69, 9.17) is 9.47 Å². The van der Waals surface area contributed by atoms with Gasteiger partial charge in [0.15, 0.2) is 11.3 Å². The molecule has 2 rings (SSSR count). The number of hydrogen-bond donors (Lipinski definition) is 2. The van der Waals surface area contributed by atoms with E-state index in [1.54, 1.807) is 6.20 Å². The molecular formula is C18H23N3O5. The maximum Gasteiger partial charge on any atom is 0.408 e. The van der Waals surface area contributed by atoms with Crippen LogP contribution in [0.2, 0.25) is 0 Å². The molecule has 0 aliphatic heterocycles. The number of rotatable bonds is 9. The molecule has 0 saturated carbocycles. The van der Waals surface area contributed by atoms with Crippen LogP contribution in [-0.2, 0) is 22.7 Å². The molecule has 1 unspecified atom stereocenters. The van der Waals surface area contributed by atoms with Crippen molar-refractivity contribution in [3.63, 3.8) is 0 Å². The fourth-order valence-corrected chi connectivity index (χ4v) is 2.19. The quantitative estimate of drug-likeness (QED) is 0.711. The van der Waals surface area contributed by atoms with Crippen molar-refractivity contribution in [2.45, 2.75) is 39.0 Å². The number of carboxylic acids is 1. The van der Waals surface area contributed by atoms with Crippen LogP contribution >= 0.6 is 0 Å². The van der Waals surface area contributed by atoms with Crippen LogP contribution in [0.4, 0.5) is 4.79 Å². The zero-order valence-corrected chi connectivity index (χ0v) is 14.8. The lowest BCUT2D eigenvalue weighted by atomic mass is 10.0. The van der Waals surface area contributed by atoms with E-state index in [9.17, 15) is 14.7 Å². The average molecular weight is 361 g/mol. The molecule has 0 spiro atoms. The Labute approximate surface area is 151 Å². The highest BCUT2D eigenvalue weighted by Gasteiger charge is 2.36. The van der Waals surface area contributed by atoms with Gasteiger partial charge in [0.2, 0.25) is 0 Å². The lowest BCUT2D eigenvalue weighted by molar-refractivity contribution is -0.144. The summed E-state index contributed by atoms with van der Waals surface area (Å²) >= 11 is 0. The monoisotopic (exact) mass is 361 g/mol. The molecule has 1 amide bonds. The molecule has 1 heterocycles. The van der Waals surface area contributed by atoms with Gasteiger partial charge in [0.05, 0.1) is 25.5 Å². The maximum absolute atomic E-state index is 12.0. The van der Waals surface area contributed by atoms with Crippen LogP contribution < -0.4 is 10.1 Å². The highest BCUT2D eigenvalue weighted by Crippen LogP contribution is 2.14. The number of benzene rings is 1. The van der Waals surface area contributed by atoms with Crippen LogP contribution in [0, 0.1) is 0 Å². The Kier molecular flexibility index (Phi) is 6.60. The van der Waals surface area contributed by atoms with E-state index in [0.29, 0.717) is 12.4 Å². The predicted octanol–water partition coefficient (Wildman–Crippen LogP) is 2.44. The second kappa shape index (κ2) is 8.89. The number of amides is 1. The van der Waals surface area contributed by atoms with Gasteiger partial charge >= 0.3 is 12.1 Å². The van der Waals surface area contributed by atoms with E-state index in [2.05, 4.69) is 10.4 Å². The van der Waals surface area contributed by atoms with Gasteiger partial charge in [0.25, 0.3) is 0 Å². The number of aliphatic carboxylic acids is 1.